The Morgan fingerprint density at radius 2 is 2.25 bits per heavy atom. The van der Waals surface area contributed by atoms with Crippen LogP contribution in [0.5, 0.6) is 0 Å². The van der Waals surface area contributed by atoms with E-state index in [0.29, 0.717) is 6.61 Å². The van der Waals surface area contributed by atoms with Crippen molar-refractivity contribution in [1.82, 2.24) is 4.57 Å². The zero-order valence-corrected chi connectivity index (χ0v) is 12.2. The van der Waals surface area contributed by atoms with E-state index < -0.39 is 0 Å². The molecule has 20 heavy (non-hydrogen) atoms. The van der Waals surface area contributed by atoms with Crippen molar-refractivity contribution in [2.45, 2.75) is 32.9 Å². The van der Waals surface area contributed by atoms with Gasteiger partial charge in [0.1, 0.15) is 6.73 Å². The number of Topliss-reactive ketones (excluding diaryl/α,β-unsaturated/α-hetero) is 1. The third-order valence-electron chi connectivity index (χ3n) is 3.85. The van der Waals surface area contributed by atoms with E-state index >= 15 is 0 Å². The lowest BCUT2D eigenvalue weighted by molar-refractivity contribution is 0.0855. The van der Waals surface area contributed by atoms with Crippen molar-refractivity contribution in [3.8, 4) is 0 Å². The Kier molecular flexibility index (Phi) is 3.72. The molecular weight excluding hydrogens is 274 g/mol. The molecule has 1 aromatic heterocycles. The molecule has 1 fully saturated rings. The van der Waals surface area contributed by atoms with Crippen molar-refractivity contribution in [2.24, 2.45) is 5.92 Å². The molecule has 1 aliphatic carbocycles. The number of ketones is 1. The van der Waals surface area contributed by atoms with E-state index in [2.05, 4.69) is 0 Å². The lowest BCUT2D eigenvalue weighted by Gasteiger charge is -2.23. The van der Waals surface area contributed by atoms with Gasteiger partial charge in [-0.05, 0) is 38.0 Å². The molecule has 0 radical (unpaired) electrons. The van der Waals surface area contributed by atoms with Gasteiger partial charge in [-0.1, -0.05) is 17.8 Å². The zero-order valence-electron chi connectivity index (χ0n) is 11.4. The fourth-order valence-corrected chi connectivity index (χ4v) is 3.35. The van der Waals surface area contributed by atoms with Crippen molar-refractivity contribution in [1.29, 1.82) is 0 Å². The Labute approximate surface area is 121 Å². The summed E-state index contributed by atoms with van der Waals surface area (Å²) >= 11 is 1.17. The first-order valence-corrected chi connectivity index (χ1v) is 7.77. The van der Waals surface area contributed by atoms with Crippen molar-refractivity contribution >= 4 is 27.3 Å². The Balaban J connectivity index is 1.95. The molecule has 0 unspecified atom stereocenters. The molecule has 0 atom stereocenters. The van der Waals surface area contributed by atoms with Gasteiger partial charge in [0, 0.05) is 18.1 Å². The van der Waals surface area contributed by atoms with Crippen molar-refractivity contribution < 1.29 is 9.53 Å². The predicted octanol–water partition coefficient (Wildman–Crippen LogP) is 3.04. The molecule has 106 valence electrons. The number of carbonyl (C=O) groups is 1. The van der Waals surface area contributed by atoms with Crippen LogP contribution in [0, 0.1) is 5.92 Å². The average Bonchev–Trinajstić information content (AvgIpc) is 2.69. The fraction of sp³-hybridized carbons (Fsp3) is 0.467. The van der Waals surface area contributed by atoms with Crippen LogP contribution in [0.2, 0.25) is 0 Å². The quantitative estimate of drug-likeness (QED) is 0.796. The van der Waals surface area contributed by atoms with Crippen molar-refractivity contribution in [2.75, 3.05) is 6.61 Å². The van der Waals surface area contributed by atoms with Crippen LogP contribution in [0.15, 0.2) is 23.0 Å². The molecular formula is C15H17NO3S. The smallest absolute Gasteiger partial charge is 0.310 e. The van der Waals surface area contributed by atoms with Gasteiger partial charge >= 0.3 is 4.87 Å². The minimum atomic E-state index is -0.0401. The van der Waals surface area contributed by atoms with Gasteiger partial charge in [0.2, 0.25) is 0 Å². The van der Waals surface area contributed by atoms with Gasteiger partial charge < -0.3 is 4.74 Å². The summed E-state index contributed by atoms with van der Waals surface area (Å²) in [5.74, 6) is 0.407. The lowest BCUT2D eigenvalue weighted by atomic mass is 9.80. The van der Waals surface area contributed by atoms with Crippen LogP contribution in [-0.4, -0.2) is 17.0 Å². The van der Waals surface area contributed by atoms with E-state index in [4.69, 9.17) is 4.74 Å². The molecule has 0 saturated heterocycles. The van der Waals surface area contributed by atoms with Crippen molar-refractivity contribution in [3.63, 3.8) is 0 Å². The fourth-order valence-electron chi connectivity index (χ4n) is 2.43. The molecule has 5 heteroatoms. The number of rotatable bonds is 5. The summed E-state index contributed by atoms with van der Waals surface area (Å²) in [6, 6.07) is 5.54. The van der Waals surface area contributed by atoms with Gasteiger partial charge in [-0.2, -0.15) is 0 Å². The minimum Gasteiger partial charge on any atom is -0.361 e. The largest absolute Gasteiger partial charge is 0.361 e. The first-order chi connectivity index (χ1) is 9.70. The van der Waals surface area contributed by atoms with Crippen LogP contribution in [0.3, 0.4) is 0 Å². The number of thiazole rings is 1. The third kappa shape index (κ3) is 2.31. The predicted molar refractivity (Wildman–Crippen MR) is 79.4 cm³/mol. The molecule has 0 aliphatic heterocycles. The van der Waals surface area contributed by atoms with Crippen LogP contribution >= 0.6 is 11.3 Å². The number of hydrogen-bond donors (Lipinski definition) is 0. The molecule has 0 spiro atoms. The van der Waals surface area contributed by atoms with Crippen LogP contribution < -0.4 is 4.87 Å². The molecule has 0 N–H and O–H groups in total. The second kappa shape index (κ2) is 5.50. The summed E-state index contributed by atoms with van der Waals surface area (Å²) in [5, 5.41) is 0. The Morgan fingerprint density at radius 1 is 1.45 bits per heavy atom. The third-order valence-corrected chi connectivity index (χ3v) is 4.80. The summed E-state index contributed by atoms with van der Waals surface area (Å²) in [7, 11) is 0. The number of fused-ring (bicyclic) bond motifs is 1. The summed E-state index contributed by atoms with van der Waals surface area (Å²) in [5.41, 5.74) is 1.57. The normalized spacial score (nSPS) is 15.4. The first kappa shape index (κ1) is 13.5. The summed E-state index contributed by atoms with van der Waals surface area (Å²) in [6.07, 6.45) is 3.15. The van der Waals surface area contributed by atoms with E-state index in [1.54, 1.807) is 4.57 Å². The van der Waals surface area contributed by atoms with E-state index in [0.717, 1.165) is 35.0 Å². The number of hydrogen-bond acceptors (Lipinski definition) is 4. The highest BCUT2D eigenvalue weighted by atomic mass is 32.1. The van der Waals surface area contributed by atoms with E-state index in [1.165, 1.54) is 11.3 Å². The summed E-state index contributed by atoms with van der Waals surface area (Å²) < 4.78 is 7.79. The van der Waals surface area contributed by atoms with Crippen LogP contribution in [-0.2, 0) is 11.5 Å². The summed E-state index contributed by atoms with van der Waals surface area (Å²) in [4.78, 5) is 24.1. The molecule has 0 bridgehead atoms. The van der Waals surface area contributed by atoms with Gasteiger partial charge in [0.15, 0.2) is 5.78 Å². The zero-order chi connectivity index (χ0) is 14.1. The number of aromatic nitrogens is 1. The molecule has 4 nitrogen and oxygen atoms in total. The first-order valence-electron chi connectivity index (χ1n) is 6.96. The van der Waals surface area contributed by atoms with Gasteiger partial charge in [0.25, 0.3) is 0 Å². The maximum atomic E-state index is 12.2. The van der Waals surface area contributed by atoms with Gasteiger partial charge in [-0.3, -0.25) is 14.2 Å². The Hall–Kier alpha value is -1.46. The highest BCUT2D eigenvalue weighted by Crippen LogP contribution is 2.31. The standard InChI is InChI=1S/C15H17NO3S/c1-2-19-9-16-12-7-6-11(8-13(12)20-15(16)18)14(17)10-4-3-5-10/h6-8,10H,2-5,9H2,1H3. The maximum absolute atomic E-state index is 12.2. The molecule has 1 aromatic carbocycles. The number of nitrogens with zero attached hydrogens (tertiary/aromatic N) is 1. The summed E-state index contributed by atoms with van der Waals surface area (Å²) in [6.45, 7) is 2.74. The van der Waals surface area contributed by atoms with Gasteiger partial charge in [-0.25, -0.2) is 0 Å². The number of benzene rings is 1. The topological polar surface area (TPSA) is 48.3 Å². The highest BCUT2D eigenvalue weighted by Gasteiger charge is 2.26. The lowest BCUT2D eigenvalue weighted by Crippen LogP contribution is -2.21. The molecule has 1 saturated carbocycles. The van der Waals surface area contributed by atoms with E-state index in [9.17, 15) is 9.59 Å². The molecule has 2 aromatic rings. The van der Waals surface area contributed by atoms with Crippen molar-refractivity contribution in [3.05, 3.63) is 33.4 Å². The Bertz CT molecular complexity index is 697. The minimum absolute atomic E-state index is 0.0401. The SMILES string of the molecule is CCOCn1c(=O)sc2cc(C(=O)C3CCC3)ccc21. The van der Waals surface area contributed by atoms with E-state index in [1.807, 2.05) is 25.1 Å². The monoisotopic (exact) mass is 291 g/mol. The number of ether oxygens (including phenoxy) is 1. The molecule has 0 amide bonds. The molecule has 1 aliphatic rings. The highest BCUT2D eigenvalue weighted by molar-refractivity contribution is 7.16. The van der Waals surface area contributed by atoms with Gasteiger partial charge in [0.05, 0.1) is 10.2 Å². The average molecular weight is 291 g/mol. The van der Waals surface area contributed by atoms with Crippen LogP contribution in [0.25, 0.3) is 10.2 Å². The maximum Gasteiger partial charge on any atom is 0.310 e. The van der Waals surface area contributed by atoms with Crippen LogP contribution in [0.1, 0.15) is 36.5 Å². The molecule has 3 rings (SSSR count). The Morgan fingerprint density at radius 3 is 2.90 bits per heavy atom. The van der Waals surface area contributed by atoms with Gasteiger partial charge in [-0.15, -0.1) is 0 Å². The molecule has 1 heterocycles. The second-order valence-corrected chi connectivity index (χ2v) is 6.09. The number of carbonyl (C=O) groups excluding carboxylic acids is 1. The van der Waals surface area contributed by atoms with Crippen LogP contribution in [0.4, 0.5) is 0 Å². The second-order valence-electron chi connectivity index (χ2n) is 5.09. The van der Waals surface area contributed by atoms with E-state index in [-0.39, 0.29) is 23.3 Å².